The normalized spacial score (nSPS) is 15.0. The fourth-order valence-electron chi connectivity index (χ4n) is 4.24. The highest BCUT2D eigenvalue weighted by Crippen LogP contribution is 2.37. The Morgan fingerprint density at radius 2 is 1.68 bits per heavy atom. The van der Waals surface area contributed by atoms with Gasteiger partial charge in [0.05, 0.1) is 16.0 Å². The number of alkyl halides is 3. The summed E-state index contributed by atoms with van der Waals surface area (Å²) in [7, 11) is -0.787. The maximum Gasteiger partial charge on any atom is 0.417 e. The van der Waals surface area contributed by atoms with Crippen LogP contribution in [0.3, 0.4) is 0 Å². The minimum Gasteiger partial charge on any atom is -0.363 e. The fraction of sp³-hybridized carbons (Fsp3) is 0.308. The Kier molecular flexibility index (Phi) is 7.56. The smallest absolute Gasteiger partial charge is 0.363 e. The maximum atomic E-state index is 13.9. The first-order valence-corrected chi connectivity index (χ1v) is 13.2. The molecule has 4 rings (SSSR count). The number of carbonyl (C=O) groups excluding carboxylic acids is 1. The molecule has 0 radical (unpaired) electrons. The zero-order valence-electron chi connectivity index (χ0n) is 20.4. The van der Waals surface area contributed by atoms with Crippen molar-refractivity contribution in [3.05, 3.63) is 78.0 Å². The molecule has 37 heavy (non-hydrogen) atoms. The van der Waals surface area contributed by atoms with Gasteiger partial charge in [0.2, 0.25) is 10.0 Å². The summed E-state index contributed by atoms with van der Waals surface area (Å²) >= 11 is 0. The Labute approximate surface area is 214 Å². The molecular formula is C26H27F3N4O3S. The summed E-state index contributed by atoms with van der Waals surface area (Å²) in [6.07, 6.45) is -2.82. The van der Waals surface area contributed by atoms with E-state index in [4.69, 9.17) is 0 Å². The highest BCUT2D eigenvalue weighted by atomic mass is 32.2. The molecule has 1 N–H and O–H groups in total. The van der Waals surface area contributed by atoms with Crippen molar-refractivity contribution in [2.45, 2.75) is 30.0 Å². The van der Waals surface area contributed by atoms with Gasteiger partial charge in [-0.1, -0.05) is 36.4 Å². The molecule has 0 atom stereocenters. The van der Waals surface area contributed by atoms with Gasteiger partial charge in [-0.3, -0.25) is 4.79 Å². The van der Waals surface area contributed by atoms with Crippen molar-refractivity contribution in [1.82, 2.24) is 14.6 Å². The van der Waals surface area contributed by atoms with Crippen molar-refractivity contribution in [3.8, 4) is 11.1 Å². The summed E-state index contributed by atoms with van der Waals surface area (Å²) in [5.41, 5.74) is 0.0147. The second kappa shape index (κ2) is 10.5. The molecule has 1 aromatic heterocycles. The van der Waals surface area contributed by atoms with E-state index in [-0.39, 0.29) is 37.4 Å². The van der Waals surface area contributed by atoms with Gasteiger partial charge in [0.1, 0.15) is 5.82 Å². The Bertz CT molecular complexity index is 1350. The molecule has 0 unspecified atom stereocenters. The van der Waals surface area contributed by atoms with Crippen LogP contribution in [-0.2, 0) is 16.2 Å². The minimum atomic E-state index is -4.86. The average molecular weight is 533 g/mol. The number of piperidine rings is 1. The van der Waals surface area contributed by atoms with Crippen molar-refractivity contribution in [3.63, 3.8) is 0 Å². The number of nitrogens with zero attached hydrogens (tertiary/aromatic N) is 3. The van der Waals surface area contributed by atoms with E-state index >= 15 is 0 Å². The van der Waals surface area contributed by atoms with Gasteiger partial charge in [-0.15, -0.1) is 0 Å². The van der Waals surface area contributed by atoms with Crippen LogP contribution in [0.4, 0.5) is 19.0 Å². The summed E-state index contributed by atoms with van der Waals surface area (Å²) in [6.45, 7) is 0.529. The average Bonchev–Trinajstić information content (AvgIpc) is 2.88. The van der Waals surface area contributed by atoms with Crippen LogP contribution in [0.5, 0.6) is 0 Å². The molecule has 2 aromatic carbocycles. The van der Waals surface area contributed by atoms with Gasteiger partial charge in [0.15, 0.2) is 0 Å². The van der Waals surface area contributed by atoms with Gasteiger partial charge in [0, 0.05) is 39.4 Å². The van der Waals surface area contributed by atoms with Crippen LogP contribution in [-0.4, -0.2) is 57.4 Å². The Morgan fingerprint density at radius 3 is 2.24 bits per heavy atom. The third-order valence-electron chi connectivity index (χ3n) is 6.24. The highest BCUT2D eigenvalue weighted by Gasteiger charge is 2.38. The van der Waals surface area contributed by atoms with E-state index in [1.54, 1.807) is 47.4 Å². The van der Waals surface area contributed by atoms with Crippen molar-refractivity contribution < 1.29 is 26.4 Å². The lowest BCUT2D eigenvalue weighted by Gasteiger charge is -2.32. The lowest BCUT2D eigenvalue weighted by molar-refractivity contribution is -0.139. The molecule has 2 heterocycles. The summed E-state index contributed by atoms with van der Waals surface area (Å²) in [4.78, 5) is 19.6. The molecule has 11 heteroatoms. The van der Waals surface area contributed by atoms with Crippen molar-refractivity contribution in [1.29, 1.82) is 0 Å². The lowest BCUT2D eigenvalue weighted by atomic mass is 10.0. The number of sulfonamides is 1. The fourth-order valence-corrected chi connectivity index (χ4v) is 5.75. The summed E-state index contributed by atoms with van der Waals surface area (Å²) < 4.78 is 70.1. The quantitative estimate of drug-likeness (QED) is 0.509. The zero-order chi connectivity index (χ0) is 26.8. The summed E-state index contributed by atoms with van der Waals surface area (Å²) in [5.74, 6) is 0.481. The van der Waals surface area contributed by atoms with Gasteiger partial charge in [-0.05, 0) is 48.2 Å². The van der Waals surface area contributed by atoms with E-state index in [2.05, 4.69) is 9.71 Å². The van der Waals surface area contributed by atoms with Gasteiger partial charge in [-0.25, -0.2) is 18.1 Å². The molecule has 1 amide bonds. The van der Waals surface area contributed by atoms with Crippen LogP contribution in [0.15, 0.2) is 71.8 Å². The number of hydrogen-bond acceptors (Lipinski definition) is 5. The first kappa shape index (κ1) is 26.6. The summed E-state index contributed by atoms with van der Waals surface area (Å²) in [5, 5.41) is 0. The van der Waals surface area contributed by atoms with Crippen LogP contribution < -0.4 is 9.62 Å². The number of anilines is 1. The Balaban J connectivity index is 1.46. The van der Waals surface area contributed by atoms with Gasteiger partial charge >= 0.3 is 6.18 Å². The first-order chi connectivity index (χ1) is 17.5. The van der Waals surface area contributed by atoms with Crippen molar-refractivity contribution in [2.24, 2.45) is 0 Å². The van der Waals surface area contributed by atoms with E-state index in [9.17, 15) is 26.4 Å². The van der Waals surface area contributed by atoms with Crippen LogP contribution >= 0.6 is 0 Å². The molecule has 0 saturated carbocycles. The number of hydrogen-bond donors (Lipinski definition) is 1. The van der Waals surface area contributed by atoms with Crippen LogP contribution in [0.25, 0.3) is 11.1 Å². The van der Waals surface area contributed by atoms with Crippen molar-refractivity contribution in [2.75, 3.05) is 32.1 Å². The largest absolute Gasteiger partial charge is 0.417 e. The molecule has 1 aliphatic rings. The minimum absolute atomic E-state index is 0.227. The molecule has 0 spiro atoms. The summed E-state index contributed by atoms with van der Waals surface area (Å²) in [6, 6.07) is 14.5. The predicted octanol–water partition coefficient (Wildman–Crippen LogP) is 4.42. The number of benzene rings is 2. The standard InChI is InChI=1S/C26H27F3N4O3S/c1-32(2)24-11-9-20(17-30-24)25(34)33-14-12-21(13-15-33)31-37(35,36)23-10-8-19(16-22(23)26(27,28)29)18-6-4-3-5-7-18/h3-11,16-17,21,31H,12-15H2,1-2H3. The number of carbonyl (C=O) groups is 1. The van der Waals surface area contributed by atoms with Crippen LogP contribution in [0.2, 0.25) is 0 Å². The van der Waals surface area contributed by atoms with Gasteiger partial charge in [0.25, 0.3) is 5.91 Å². The molecule has 3 aromatic rings. The second-order valence-electron chi connectivity index (χ2n) is 9.06. The molecule has 1 aliphatic heterocycles. The molecule has 196 valence electrons. The Morgan fingerprint density at radius 1 is 1.00 bits per heavy atom. The van der Waals surface area contributed by atoms with E-state index in [0.717, 1.165) is 12.1 Å². The SMILES string of the molecule is CN(C)c1ccc(C(=O)N2CCC(NS(=O)(=O)c3ccc(-c4ccccc4)cc3C(F)(F)F)CC2)cn1. The molecule has 1 saturated heterocycles. The molecule has 7 nitrogen and oxygen atoms in total. The van der Waals surface area contributed by atoms with Crippen molar-refractivity contribution >= 4 is 21.7 Å². The number of pyridine rings is 1. The van der Waals surface area contributed by atoms with Gasteiger partial charge in [-0.2, -0.15) is 13.2 Å². The molecule has 1 fully saturated rings. The van der Waals surface area contributed by atoms with Gasteiger partial charge < -0.3 is 9.80 Å². The van der Waals surface area contributed by atoms with Crippen LogP contribution in [0, 0.1) is 0 Å². The molecule has 0 bridgehead atoms. The predicted molar refractivity (Wildman–Crippen MR) is 135 cm³/mol. The zero-order valence-corrected chi connectivity index (χ0v) is 21.2. The lowest BCUT2D eigenvalue weighted by Crippen LogP contribution is -2.46. The van der Waals surface area contributed by atoms with E-state index < -0.39 is 32.7 Å². The number of nitrogens with one attached hydrogen (secondary N) is 1. The monoisotopic (exact) mass is 532 g/mol. The molecule has 0 aliphatic carbocycles. The Hall–Kier alpha value is -3.44. The number of likely N-dealkylation sites (tertiary alicyclic amines) is 1. The first-order valence-electron chi connectivity index (χ1n) is 11.7. The van der Waals surface area contributed by atoms with E-state index in [0.29, 0.717) is 16.9 Å². The van der Waals surface area contributed by atoms with E-state index in [1.807, 2.05) is 19.0 Å². The number of halogens is 3. The maximum absolute atomic E-state index is 13.9. The third-order valence-corrected chi connectivity index (χ3v) is 7.82. The third kappa shape index (κ3) is 6.11. The van der Waals surface area contributed by atoms with E-state index in [1.165, 1.54) is 12.3 Å². The molecular weight excluding hydrogens is 505 g/mol. The number of aromatic nitrogens is 1. The second-order valence-corrected chi connectivity index (χ2v) is 10.7. The number of rotatable bonds is 6. The highest BCUT2D eigenvalue weighted by molar-refractivity contribution is 7.89. The van der Waals surface area contributed by atoms with Crippen LogP contribution in [0.1, 0.15) is 28.8 Å². The topological polar surface area (TPSA) is 82.6 Å². The number of amides is 1.